The van der Waals surface area contributed by atoms with Crippen molar-refractivity contribution in [3.8, 4) is 0 Å². The molecule has 1 atom stereocenters. The van der Waals surface area contributed by atoms with E-state index < -0.39 is 17.9 Å². The average Bonchev–Trinajstić information content (AvgIpc) is 2.38. The molecule has 5 nitrogen and oxygen atoms in total. The van der Waals surface area contributed by atoms with Gasteiger partial charge < -0.3 is 10.4 Å². The zero-order chi connectivity index (χ0) is 14.3. The number of carboxylic acids is 1. The van der Waals surface area contributed by atoms with Crippen molar-refractivity contribution in [1.82, 2.24) is 10.6 Å². The van der Waals surface area contributed by atoms with Gasteiger partial charge in [0.1, 0.15) is 0 Å². The van der Waals surface area contributed by atoms with Crippen LogP contribution in [-0.2, 0) is 22.6 Å². The molecule has 1 rings (SSSR count). The number of likely N-dealkylation sites (N-methyl/N-ethyl adjacent to an activating group) is 1. The smallest absolute Gasteiger partial charge is 0.330 e. The third-order valence-corrected chi connectivity index (χ3v) is 2.83. The van der Waals surface area contributed by atoms with E-state index in [1.807, 2.05) is 24.3 Å². The molecule has 1 aromatic rings. The average molecular weight is 264 g/mol. The zero-order valence-electron chi connectivity index (χ0n) is 11.3. The molecule has 0 aliphatic rings. The minimum absolute atomic E-state index is 0.330. The van der Waals surface area contributed by atoms with Gasteiger partial charge in [0.2, 0.25) is 5.91 Å². The summed E-state index contributed by atoms with van der Waals surface area (Å²) in [6.07, 6.45) is 2.13. The maximum Gasteiger partial charge on any atom is 0.330 e. The van der Waals surface area contributed by atoms with Gasteiger partial charge in [-0.1, -0.05) is 37.6 Å². The van der Waals surface area contributed by atoms with Gasteiger partial charge in [0.25, 0.3) is 0 Å². The predicted octanol–water partition coefficient (Wildman–Crippen LogP) is 0.928. The van der Waals surface area contributed by atoms with Crippen LogP contribution in [0.3, 0.4) is 0 Å². The quantitative estimate of drug-likeness (QED) is 0.640. The van der Waals surface area contributed by atoms with Crippen LogP contribution in [0.25, 0.3) is 0 Å². The van der Waals surface area contributed by atoms with Crippen LogP contribution in [0.4, 0.5) is 0 Å². The number of carbonyl (C=O) groups is 2. The van der Waals surface area contributed by atoms with Crippen LogP contribution in [-0.4, -0.2) is 30.1 Å². The van der Waals surface area contributed by atoms with Crippen LogP contribution >= 0.6 is 0 Å². The van der Waals surface area contributed by atoms with Crippen molar-refractivity contribution in [2.45, 2.75) is 32.4 Å². The Labute approximate surface area is 113 Å². The third kappa shape index (κ3) is 4.71. The number of benzene rings is 1. The highest BCUT2D eigenvalue weighted by Gasteiger charge is 2.23. The standard InChI is InChI=1S/C14H20N2O3/c1-3-4-10-5-7-11(8-6-10)9-16-13(17)12(15-2)14(18)19/h5-8,12,15H,3-4,9H2,1-2H3,(H,16,17)(H,18,19). The molecule has 1 amide bonds. The van der Waals surface area contributed by atoms with Gasteiger partial charge >= 0.3 is 5.97 Å². The van der Waals surface area contributed by atoms with E-state index in [4.69, 9.17) is 5.11 Å². The monoisotopic (exact) mass is 264 g/mol. The van der Waals surface area contributed by atoms with Crippen molar-refractivity contribution in [2.24, 2.45) is 0 Å². The summed E-state index contributed by atoms with van der Waals surface area (Å²) in [4.78, 5) is 22.4. The van der Waals surface area contributed by atoms with Gasteiger partial charge in [-0.2, -0.15) is 0 Å². The Morgan fingerprint density at radius 2 is 1.79 bits per heavy atom. The van der Waals surface area contributed by atoms with Gasteiger partial charge in [-0.3, -0.25) is 10.1 Å². The first-order valence-corrected chi connectivity index (χ1v) is 6.34. The number of hydrogen-bond donors (Lipinski definition) is 3. The molecule has 3 N–H and O–H groups in total. The summed E-state index contributed by atoms with van der Waals surface area (Å²) < 4.78 is 0. The molecule has 5 heteroatoms. The summed E-state index contributed by atoms with van der Waals surface area (Å²) in [5.74, 6) is -1.72. The Morgan fingerprint density at radius 3 is 2.26 bits per heavy atom. The molecule has 0 spiro atoms. The number of rotatable bonds is 7. The van der Waals surface area contributed by atoms with E-state index in [0.717, 1.165) is 18.4 Å². The van der Waals surface area contributed by atoms with Crippen molar-refractivity contribution in [3.63, 3.8) is 0 Å². The molecule has 1 aromatic carbocycles. The Bertz CT molecular complexity index is 429. The number of amides is 1. The summed E-state index contributed by atoms with van der Waals surface area (Å²) >= 11 is 0. The fraction of sp³-hybridized carbons (Fsp3) is 0.429. The lowest BCUT2D eigenvalue weighted by Gasteiger charge is -2.11. The van der Waals surface area contributed by atoms with Crippen LogP contribution in [0.2, 0.25) is 0 Å². The third-order valence-electron chi connectivity index (χ3n) is 2.83. The van der Waals surface area contributed by atoms with E-state index in [9.17, 15) is 9.59 Å². The topological polar surface area (TPSA) is 78.4 Å². The number of carbonyl (C=O) groups excluding carboxylic acids is 1. The van der Waals surface area contributed by atoms with Crippen LogP contribution < -0.4 is 10.6 Å². The number of carboxylic acid groups (broad SMARTS) is 1. The summed E-state index contributed by atoms with van der Waals surface area (Å²) in [6.45, 7) is 2.45. The zero-order valence-corrected chi connectivity index (χ0v) is 11.3. The molecule has 0 fully saturated rings. The largest absolute Gasteiger partial charge is 0.480 e. The molecule has 0 saturated carbocycles. The Morgan fingerprint density at radius 1 is 1.21 bits per heavy atom. The molecule has 0 radical (unpaired) electrons. The van der Waals surface area contributed by atoms with Gasteiger partial charge in [0.05, 0.1) is 0 Å². The first-order valence-electron chi connectivity index (χ1n) is 6.34. The fourth-order valence-corrected chi connectivity index (χ4v) is 1.77. The molecule has 1 unspecified atom stereocenters. The molecule has 0 saturated heterocycles. The van der Waals surface area contributed by atoms with Crippen LogP contribution in [0.5, 0.6) is 0 Å². The van der Waals surface area contributed by atoms with Crippen LogP contribution in [0, 0.1) is 0 Å². The molecule has 0 bridgehead atoms. The SMILES string of the molecule is CCCc1ccc(CNC(=O)C(NC)C(=O)O)cc1. The lowest BCUT2D eigenvalue weighted by Crippen LogP contribution is -2.47. The molecular weight excluding hydrogens is 244 g/mol. The minimum Gasteiger partial charge on any atom is -0.480 e. The van der Waals surface area contributed by atoms with Gasteiger partial charge in [0.15, 0.2) is 6.04 Å². The van der Waals surface area contributed by atoms with E-state index in [-0.39, 0.29) is 0 Å². The summed E-state index contributed by atoms with van der Waals surface area (Å²) in [6, 6.07) is 6.73. The van der Waals surface area contributed by atoms with Gasteiger partial charge in [-0.25, -0.2) is 4.79 Å². The van der Waals surface area contributed by atoms with E-state index >= 15 is 0 Å². The second-order valence-electron chi connectivity index (χ2n) is 4.34. The van der Waals surface area contributed by atoms with Crippen molar-refractivity contribution in [1.29, 1.82) is 0 Å². The number of hydrogen-bond acceptors (Lipinski definition) is 3. The van der Waals surface area contributed by atoms with Gasteiger partial charge in [-0.05, 0) is 24.6 Å². The molecule has 19 heavy (non-hydrogen) atoms. The van der Waals surface area contributed by atoms with Crippen molar-refractivity contribution < 1.29 is 14.7 Å². The van der Waals surface area contributed by atoms with E-state index in [0.29, 0.717) is 6.54 Å². The lowest BCUT2D eigenvalue weighted by molar-refractivity contribution is -0.143. The normalized spacial score (nSPS) is 11.9. The number of nitrogens with one attached hydrogen (secondary N) is 2. The molecule has 0 aliphatic carbocycles. The predicted molar refractivity (Wildman–Crippen MR) is 72.8 cm³/mol. The molecule has 0 heterocycles. The summed E-state index contributed by atoms with van der Waals surface area (Å²) in [5.41, 5.74) is 2.21. The van der Waals surface area contributed by atoms with E-state index in [2.05, 4.69) is 17.6 Å². The summed E-state index contributed by atoms with van der Waals surface area (Å²) in [7, 11) is 1.44. The number of aryl methyl sites for hydroxylation is 1. The minimum atomic E-state index is -1.21. The first-order chi connectivity index (χ1) is 9.08. The lowest BCUT2D eigenvalue weighted by atomic mass is 10.1. The highest BCUT2D eigenvalue weighted by Crippen LogP contribution is 2.06. The molecular formula is C14H20N2O3. The highest BCUT2D eigenvalue weighted by molar-refractivity contribution is 6.01. The Kier molecular flexibility index (Phi) is 6.02. The van der Waals surface area contributed by atoms with E-state index in [1.165, 1.54) is 12.6 Å². The Hall–Kier alpha value is -1.88. The van der Waals surface area contributed by atoms with Crippen molar-refractivity contribution in [2.75, 3.05) is 7.05 Å². The molecule has 0 aromatic heterocycles. The number of aliphatic carboxylic acids is 1. The maximum absolute atomic E-state index is 11.6. The fourth-order valence-electron chi connectivity index (χ4n) is 1.77. The first kappa shape index (κ1) is 15.2. The van der Waals surface area contributed by atoms with E-state index in [1.54, 1.807) is 0 Å². The van der Waals surface area contributed by atoms with Crippen LogP contribution in [0.15, 0.2) is 24.3 Å². The second kappa shape index (κ2) is 7.53. The highest BCUT2D eigenvalue weighted by atomic mass is 16.4. The van der Waals surface area contributed by atoms with Crippen molar-refractivity contribution in [3.05, 3.63) is 35.4 Å². The van der Waals surface area contributed by atoms with Gasteiger partial charge in [0, 0.05) is 6.54 Å². The van der Waals surface area contributed by atoms with Crippen LogP contribution in [0.1, 0.15) is 24.5 Å². The summed E-state index contributed by atoms with van der Waals surface area (Å²) in [5, 5.41) is 13.9. The molecule has 0 aliphatic heterocycles. The second-order valence-corrected chi connectivity index (χ2v) is 4.34. The van der Waals surface area contributed by atoms with Gasteiger partial charge in [-0.15, -0.1) is 0 Å². The van der Waals surface area contributed by atoms with Crippen molar-refractivity contribution >= 4 is 11.9 Å². The maximum atomic E-state index is 11.6. The molecule has 104 valence electrons. The Balaban J connectivity index is 2.52.